The van der Waals surface area contributed by atoms with E-state index in [1.165, 1.54) is 0 Å². The Bertz CT molecular complexity index is 486. The first-order valence-corrected chi connectivity index (χ1v) is 5.78. The Labute approximate surface area is 105 Å². The molecule has 6 heteroatoms. The lowest BCUT2D eigenvalue weighted by Gasteiger charge is -2.10. The van der Waals surface area contributed by atoms with Crippen molar-refractivity contribution in [2.45, 2.75) is 26.4 Å². The maximum Gasteiger partial charge on any atom is 0.211 e. The normalized spacial score (nSPS) is 12.9. The van der Waals surface area contributed by atoms with E-state index < -0.39 is 0 Å². The SMILES string of the molecule is Cc1cnc(C(C)NCc2c(Cl)cnn2C)o1. The molecule has 17 heavy (non-hydrogen) atoms. The molecule has 5 nitrogen and oxygen atoms in total. The van der Waals surface area contributed by atoms with Crippen molar-refractivity contribution in [3.05, 3.63) is 34.8 Å². The van der Waals surface area contributed by atoms with Gasteiger partial charge in [0.2, 0.25) is 5.89 Å². The summed E-state index contributed by atoms with van der Waals surface area (Å²) in [6.45, 7) is 4.49. The molecular formula is C11H15ClN4O. The zero-order valence-electron chi connectivity index (χ0n) is 10.1. The van der Waals surface area contributed by atoms with E-state index in [0.29, 0.717) is 17.5 Å². The van der Waals surface area contributed by atoms with Crippen LogP contribution in [-0.4, -0.2) is 14.8 Å². The van der Waals surface area contributed by atoms with Gasteiger partial charge in [-0.25, -0.2) is 4.98 Å². The molecule has 0 aliphatic heterocycles. The van der Waals surface area contributed by atoms with E-state index >= 15 is 0 Å². The number of aromatic nitrogens is 3. The molecule has 0 saturated heterocycles. The van der Waals surface area contributed by atoms with Crippen LogP contribution >= 0.6 is 11.6 Å². The van der Waals surface area contributed by atoms with Crippen molar-refractivity contribution in [3.8, 4) is 0 Å². The summed E-state index contributed by atoms with van der Waals surface area (Å²) in [5, 5.41) is 8.03. The van der Waals surface area contributed by atoms with Gasteiger partial charge in [0, 0.05) is 13.6 Å². The summed E-state index contributed by atoms with van der Waals surface area (Å²) < 4.78 is 7.20. The Morgan fingerprint density at radius 2 is 2.29 bits per heavy atom. The van der Waals surface area contributed by atoms with Crippen LogP contribution in [0.3, 0.4) is 0 Å². The minimum atomic E-state index is 0.0367. The summed E-state index contributed by atoms with van der Waals surface area (Å²) in [5.41, 5.74) is 0.946. The monoisotopic (exact) mass is 254 g/mol. The number of aryl methyl sites for hydroxylation is 2. The summed E-state index contributed by atoms with van der Waals surface area (Å²) in [7, 11) is 1.86. The van der Waals surface area contributed by atoms with Crippen molar-refractivity contribution in [2.75, 3.05) is 0 Å². The molecule has 0 aliphatic carbocycles. The number of hydrogen-bond donors (Lipinski definition) is 1. The average molecular weight is 255 g/mol. The quantitative estimate of drug-likeness (QED) is 0.909. The molecule has 2 aromatic heterocycles. The first-order chi connectivity index (χ1) is 8.08. The van der Waals surface area contributed by atoms with Crippen LogP contribution in [0, 0.1) is 6.92 Å². The smallest absolute Gasteiger partial charge is 0.211 e. The minimum Gasteiger partial charge on any atom is -0.444 e. The van der Waals surface area contributed by atoms with Crippen molar-refractivity contribution in [2.24, 2.45) is 7.05 Å². The van der Waals surface area contributed by atoms with Gasteiger partial charge in [0.15, 0.2) is 0 Å². The van der Waals surface area contributed by atoms with Gasteiger partial charge in [-0.05, 0) is 13.8 Å². The summed E-state index contributed by atoms with van der Waals surface area (Å²) in [6.07, 6.45) is 3.35. The van der Waals surface area contributed by atoms with Crippen LogP contribution in [0.1, 0.15) is 30.3 Å². The van der Waals surface area contributed by atoms with E-state index in [4.69, 9.17) is 16.0 Å². The molecule has 1 unspecified atom stereocenters. The van der Waals surface area contributed by atoms with Crippen LogP contribution in [0.2, 0.25) is 5.02 Å². The van der Waals surface area contributed by atoms with E-state index in [1.807, 2.05) is 20.9 Å². The fourth-order valence-corrected chi connectivity index (χ4v) is 1.78. The average Bonchev–Trinajstić information content (AvgIpc) is 2.84. The van der Waals surface area contributed by atoms with Gasteiger partial charge in [0.25, 0.3) is 0 Å². The van der Waals surface area contributed by atoms with E-state index in [9.17, 15) is 0 Å². The van der Waals surface area contributed by atoms with Crippen LogP contribution in [0.15, 0.2) is 16.8 Å². The largest absolute Gasteiger partial charge is 0.444 e. The van der Waals surface area contributed by atoms with Gasteiger partial charge in [-0.3, -0.25) is 4.68 Å². The lowest BCUT2D eigenvalue weighted by Crippen LogP contribution is -2.20. The zero-order chi connectivity index (χ0) is 12.4. The lowest BCUT2D eigenvalue weighted by atomic mass is 10.3. The van der Waals surface area contributed by atoms with Gasteiger partial charge >= 0.3 is 0 Å². The molecule has 1 N–H and O–H groups in total. The van der Waals surface area contributed by atoms with Crippen LogP contribution in [0.4, 0.5) is 0 Å². The van der Waals surface area contributed by atoms with E-state index in [0.717, 1.165) is 11.5 Å². The lowest BCUT2D eigenvalue weighted by molar-refractivity contribution is 0.399. The Morgan fingerprint density at radius 3 is 2.82 bits per heavy atom. The molecule has 2 heterocycles. The molecule has 0 saturated carbocycles. The Hall–Kier alpha value is -1.33. The van der Waals surface area contributed by atoms with Gasteiger partial charge in [-0.2, -0.15) is 5.10 Å². The highest BCUT2D eigenvalue weighted by Crippen LogP contribution is 2.16. The number of rotatable bonds is 4. The third kappa shape index (κ3) is 2.68. The maximum atomic E-state index is 6.02. The predicted molar refractivity (Wildman–Crippen MR) is 64.7 cm³/mol. The van der Waals surface area contributed by atoms with Gasteiger partial charge in [-0.15, -0.1) is 0 Å². The fourth-order valence-electron chi connectivity index (χ4n) is 1.54. The van der Waals surface area contributed by atoms with Crippen molar-refractivity contribution in [1.29, 1.82) is 0 Å². The highest BCUT2D eigenvalue weighted by Gasteiger charge is 2.13. The zero-order valence-corrected chi connectivity index (χ0v) is 10.8. The molecule has 0 spiro atoms. The number of nitrogens with zero attached hydrogens (tertiary/aromatic N) is 3. The van der Waals surface area contributed by atoms with Crippen LogP contribution < -0.4 is 5.32 Å². The molecule has 2 rings (SSSR count). The molecule has 0 radical (unpaired) electrons. The highest BCUT2D eigenvalue weighted by atomic mass is 35.5. The molecule has 0 fully saturated rings. The second-order valence-electron chi connectivity index (χ2n) is 3.97. The van der Waals surface area contributed by atoms with Crippen LogP contribution in [0.25, 0.3) is 0 Å². The Morgan fingerprint density at radius 1 is 1.53 bits per heavy atom. The van der Waals surface area contributed by atoms with Crippen molar-refractivity contribution >= 4 is 11.6 Å². The van der Waals surface area contributed by atoms with Gasteiger partial charge < -0.3 is 9.73 Å². The van der Waals surface area contributed by atoms with Crippen LogP contribution in [-0.2, 0) is 13.6 Å². The van der Waals surface area contributed by atoms with Gasteiger partial charge in [0.05, 0.1) is 29.2 Å². The fraction of sp³-hybridized carbons (Fsp3) is 0.455. The minimum absolute atomic E-state index is 0.0367. The maximum absolute atomic E-state index is 6.02. The molecule has 1 atom stereocenters. The van der Waals surface area contributed by atoms with Gasteiger partial charge in [0.1, 0.15) is 5.76 Å². The number of nitrogens with one attached hydrogen (secondary N) is 1. The number of hydrogen-bond acceptors (Lipinski definition) is 4. The summed E-state index contributed by atoms with van der Waals surface area (Å²) in [5.74, 6) is 1.49. The first-order valence-electron chi connectivity index (χ1n) is 5.40. The molecule has 2 aromatic rings. The second kappa shape index (κ2) is 4.89. The summed E-state index contributed by atoms with van der Waals surface area (Å²) in [4.78, 5) is 4.18. The number of halogens is 1. The molecule has 0 amide bonds. The highest BCUT2D eigenvalue weighted by molar-refractivity contribution is 6.31. The van der Waals surface area contributed by atoms with Crippen molar-refractivity contribution in [1.82, 2.24) is 20.1 Å². The molecular weight excluding hydrogens is 240 g/mol. The van der Waals surface area contributed by atoms with E-state index in [2.05, 4.69) is 15.4 Å². The summed E-state index contributed by atoms with van der Waals surface area (Å²) >= 11 is 6.02. The third-order valence-corrected chi connectivity index (χ3v) is 2.91. The molecule has 0 aromatic carbocycles. The summed E-state index contributed by atoms with van der Waals surface area (Å²) in [6, 6.07) is 0.0367. The van der Waals surface area contributed by atoms with E-state index in [-0.39, 0.29) is 6.04 Å². The second-order valence-corrected chi connectivity index (χ2v) is 4.38. The standard InChI is InChI=1S/C11H15ClN4O/c1-7-4-14-11(17-7)8(2)13-6-10-9(12)5-15-16(10)3/h4-5,8,13H,6H2,1-3H3. The van der Waals surface area contributed by atoms with Gasteiger partial charge in [-0.1, -0.05) is 11.6 Å². The predicted octanol–water partition coefficient (Wildman–Crippen LogP) is 2.22. The van der Waals surface area contributed by atoms with Crippen molar-refractivity contribution in [3.63, 3.8) is 0 Å². The third-order valence-electron chi connectivity index (χ3n) is 2.60. The van der Waals surface area contributed by atoms with E-state index in [1.54, 1.807) is 17.1 Å². The van der Waals surface area contributed by atoms with Crippen LogP contribution in [0.5, 0.6) is 0 Å². The van der Waals surface area contributed by atoms with Crippen molar-refractivity contribution < 1.29 is 4.42 Å². The Balaban J connectivity index is 1.99. The topological polar surface area (TPSA) is 55.9 Å². The molecule has 0 aliphatic rings. The molecule has 92 valence electrons. The first kappa shape index (κ1) is 12.1. The Kier molecular flexibility index (Phi) is 3.49. The number of oxazole rings is 1. The molecule has 0 bridgehead atoms.